The van der Waals surface area contributed by atoms with Crippen molar-refractivity contribution in [3.05, 3.63) is 82.4 Å². The normalized spacial score (nSPS) is 11.4. The molecule has 1 heterocycles. The van der Waals surface area contributed by atoms with Crippen molar-refractivity contribution in [3.8, 4) is 0 Å². The minimum absolute atomic E-state index is 0.0258. The van der Waals surface area contributed by atoms with E-state index in [1.807, 2.05) is 12.1 Å². The number of hydrogen-bond donors (Lipinski definition) is 1. The third-order valence-corrected chi connectivity index (χ3v) is 5.10. The first-order chi connectivity index (χ1) is 12.5. The Hall–Kier alpha value is -3.11. The lowest BCUT2D eigenvalue weighted by atomic mass is 10.1. The second kappa shape index (κ2) is 7.42. The van der Waals surface area contributed by atoms with Gasteiger partial charge in [-0.15, -0.1) is 0 Å². The van der Waals surface area contributed by atoms with Crippen LogP contribution in [-0.4, -0.2) is 28.1 Å². The van der Waals surface area contributed by atoms with Crippen molar-refractivity contribution in [1.29, 1.82) is 0 Å². The van der Waals surface area contributed by atoms with E-state index in [4.69, 9.17) is 0 Å². The summed E-state index contributed by atoms with van der Waals surface area (Å²) in [4.78, 5) is 13.8. The Morgan fingerprint density at radius 3 is 2.42 bits per heavy atom. The van der Waals surface area contributed by atoms with Gasteiger partial charge in [-0.1, -0.05) is 36.4 Å². The summed E-state index contributed by atoms with van der Waals surface area (Å²) in [5, 5.41) is 15.0. The zero-order chi connectivity index (χ0) is 18.6. The Bertz CT molecular complexity index is 1000. The van der Waals surface area contributed by atoms with Crippen molar-refractivity contribution in [1.82, 2.24) is 19.5 Å². The third-order valence-electron chi connectivity index (χ3n) is 3.65. The lowest BCUT2D eigenvalue weighted by molar-refractivity contribution is -0.387. The number of rotatable bonds is 7. The summed E-state index contributed by atoms with van der Waals surface area (Å²) in [5.41, 5.74) is 1.26. The first kappa shape index (κ1) is 17.7. The molecular weight excluding hydrogens is 358 g/mol. The molecule has 9 nitrogen and oxygen atoms in total. The Balaban J connectivity index is 1.69. The molecular formula is C16H15N5O4S. The predicted molar refractivity (Wildman–Crippen MR) is 92.7 cm³/mol. The van der Waals surface area contributed by atoms with Crippen LogP contribution in [0.15, 0.2) is 66.1 Å². The van der Waals surface area contributed by atoms with Crippen LogP contribution in [0.3, 0.4) is 0 Å². The van der Waals surface area contributed by atoms with Crippen molar-refractivity contribution >= 4 is 15.7 Å². The molecule has 134 valence electrons. The van der Waals surface area contributed by atoms with Gasteiger partial charge in [0, 0.05) is 12.6 Å². The number of aromatic nitrogens is 3. The van der Waals surface area contributed by atoms with Crippen molar-refractivity contribution in [2.75, 3.05) is 0 Å². The number of para-hydroxylation sites is 1. The molecule has 0 spiro atoms. The topological polar surface area (TPSA) is 120 Å². The maximum Gasteiger partial charge on any atom is 0.289 e. The monoisotopic (exact) mass is 373 g/mol. The molecule has 0 bridgehead atoms. The summed E-state index contributed by atoms with van der Waals surface area (Å²) >= 11 is 0. The van der Waals surface area contributed by atoms with Crippen molar-refractivity contribution in [2.24, 2.45) is 0 Å². The summed E-state index contributed by atoms with van der Waals surface area (Å²) < 4.78 is 28.8. The van der Waals surface area contributed by atoms with Gasteiger partial charge in [-0.2, -0.15) is 5.10 Å². The van der Waals surface area contributed by atoms with Crippen molar-refractivity contribution < 1.29 is 13.3 Å². The standard InChI is InChI=1S/C16H15N5O4S/c22-21(23)15-3-1-2-4-16(15)26(24,25)19-9-13-5-7-14(8-6-13)10-20-12-17-11-18-20/h1-8,11-12,19H,9-10H2. The van der Waals surface area contributed by atoms with Crippen LogP contribution in [0.5, 0.6) is 0 Å². The van der Waals surface area contributed by atoms with Crippen LogP contribution in [0.1, 0.15) is 11.1 Å². The highest BCUT2D eigenvalue weighted by molar-refractivity contribution is 7.89. The van der Waals surface area contributed by atoms with Crippen LogP contribution in [0, 0.1) is 10.1 Å². The fraction of sp³-hybridized carbons (Fsp3) is 0.125. The second-order valence-electron chi connectivity index (χ2n) is 5.46. The van der Waals surface area contributed by atoms with Crippen LogP contribution in [0.4, 0.5) is 5.69 Å². The molecule has 0 aliphatic heterocycles. The SMILES string of the molecule is O=[N+]([O-])c1ccccc1S(=O)(=O)NCc1ccc(Cn2cncn2)cc1. The molecule has 0 fully saturated rings. The Morgan fingerprint density at radius 2 is 1.77 bits per heavy atom. The molecule has 0 atom stereocenters. The third kappa shape index (κ3) is 4.10. The van der Waals surface area contributed by atoms with E-state index in [1.165, 1.54) is 24.5 Å². The van der Waals surface area contributed by atoms with Gasteiger partial charge < -0.3 is 0 Å². The molecule has 2 aromatic carbocycles. The van der Waals surface area contributed by atoms with E-state index in [0.29, 0.717) is 6.54 Å². The van der Waals surface area contributed by atoms with Crippen LogP contribution < -0.4 is 4.72 Å². The number of nitrogens with zero attached hydrogens (tertiary/aromatic N) is 4. The van der Waals surface area contributed by atoms with Gasteiger partial charge in [0.15, 0.2) is 4.90 Å². The minimum atomic E-state index is -4.00. The van der Waals surface area contributed by atoms with Gasteiger partial charge >= 0.3 is 0 Å². The van der Waals surface area contributed by atoms with Gasteiger partial charge in [-0.05, 0) is 17.2 Å². The van der Waals surface area contributed by atoms with Gasteiger partial charge in [0.1, 0.15) is 12.7 Å². The summed E-state index contributed by atoms with van der Waals surface area (Å²) in [6.07, 6.45) is 3.06. The van der Waals surface area contributed by atoms with Gasteiger partial charge in [0.2, 0.25) is 10.0 Å². The smallest absolute Gasteiger partial charge is 0.258 e. The van der Waals surface area contributed by atoms with E-state index in [-0.39, 0.29) is 11.4 Å². The molecule has 1 aromatic heterocycles. The quantitative estimate of drug-likeness (QED) is 0.497. The Labute approximate surface area is 149 Å². The van der Waals surface area contributed by atoms with Gasteiger partial charge in [0.25, 0.3) is 5.69 Å². The summed E-state index contributed by atoms with van der Waals surface area (Å²) in [6.45, 7) is 0.584. The highest BCUT2D eigenvalue weighted by Crippen LogP contribution is 2.22. The van der Waals surface area contributed by atoms with Gasteiger partial charge in [-0.25, -0.2) is 22.8 Å². The maximum absolute atomic E-state index is 12.4. The molecule has 0 saturated carbocycles. The molecule has 26 heavy (non-hydrogen) atoms. The molecule has 0 aliphatic rings. The maximum atomic E-state index is 12.4. The fourth-order valence-electron chi connectivity index (χ4n) is 2.36. The first-order valence-corrected chi connectivity index (χ1v) is 9.07. The summed E-state index contributed by atoms with van der Waals surface area (Å²) in [7, 11) is -4.00. The molecule has 3 aromatic rings. The molecule has 0 amide bonds. The largest absolute Gasteiger partial charge is 0.289 e. The average molecular weight is 373 g/mol. The molecule has 10 heteroatoms. The minimum Gasteiger partial charge on any atom is -0.258 e. The average Bonchev–Trinajstić information content (AvgIpc) is 3.14. The van der Waals surface area contributed by atoms with E-state index in [9.17, 15) is 18.5 Å². The van der Waals surface area contributed by atoms with E-state index < -0.39 is 20.6 Å². The molecule has 0 unspecified atom stereocenters. The fourth-order valence-corrected chi connectivity index (χ4v) is 3.54. The number of nitrogens with one attached hydrogen (secondary N) is 1. The predicted octanol–water partition coefficient (Wildman–Crippen LogP) is 1.71. The van der Waals surface area contributed by atoms with E-state index in [1.54, 1.807) is 23.1 Å². The number of nitro groups is 1. The number of benzene rings is 2. The number of nitro benzene ring substituents is 1. The Kier molecular flexibility index (Phi) is 5.05. The number of sulfonamides is 1. The molecule has 1 N–H and O–H groups in total. The van der Waals surface area contributed by atoms with E-state index in [0.717, 1.165) is 17.2 Å². The van der Waals surface area contributed by atoms with Crippen molar-refractivity contribution in [3.63, 3.8) is 0 Å². The highest BCUT2D eigenvalue weighted by atomic mass is 32.2. The van der Waals surface area contributed by atoms with Crippen molar-refractivity contribution in [2.45, 2.75) is 18.0 Å². The molecule has 0 saturated heterocycles. The molecule has 3 rings (SSSR count). The second-order valence-corrected chi connectivity index (χ2v) is 7.19. The van der Waals surface area contributed by atoms with Crippen LogP contribution >= 0.6 is 0 Å². The Morgan fingerprint density at radius 1 is 1.08 bits per heavy atom. The van der Waals surface area contributed by atoms with E-state index >= 15 is 0 Å². The van der Waals surface area contributed by atoms with E-state index in [2.05, 4.69) is 14.8 Å². The van der Waals surface area contributed by atoms with Gasteiger partial charge in [0.05, 0.1) is 11.5 Å². The van der Waals surface area contributed by atoms with Crippen LogP contribution in [0.2, 0.25) is 0 Å². The zero-order valence-electron chi connectivity index (χ0n) is 13.5. The lowest BCUT2D eigenvalue weighted by Gasteiger charge is -2.08. The first-order valence-electron chi connectivity index (χ1n) is 7.59. The molecule has 0 radical (unpaired) electrons. The summed E-state index contributed by atoms with van der Waals surface area (Å²) in [6, 6.07) is 12.5. The highest BCUT2D eigenvalue weighted by Gasteiger charge is 2.24. The lowest BCUT2D eigenvalue weighted by Crippen LogP contribution is -2.24. The zero-order valence-corrected chi connectivity index (χ0v) is 14.3. The molecule has 0 aliphatic carbocycles. The number of hydrogen-bond acceptors (Lipinski definition) is 6. The summed E-state index contributed by atoms with van der Waals surface area (Å²) in [5.74, 6) is 0. The van der Waals surface area contributed by atoms with Crippen LogP contribution in [-0.2, 0) is 23.1 Å². The van der Waals surface area contributed by atoms with Crippen LogP contribution in [0.25, 0.3) is 0 Å². The van der Waals surface area contributed by atoms with Gasteiger partial charge in [-0.3, -0.25) is 10.1 Å².